The van der Waals surface area contributed by atoms with E-state index < -0.39 is 0 Å². The SMILES string of the molecule is CCOc1cc(C)nc(Oc2ccc(NC)cc2)n1. The minimum absolute atomic E-state index is 0.292. The van der Waals surface area contributed by atoms with Gasteiger partial charge in [-0.1, -0.05) is 0 Å². The summed E-state index contributed by atoms with van der Waals surface area (Å²) in [4.78, 5) is 8.42. The summed E-state index contributed by atoms with van der Waals surface area (Å²) < 4.78 is 11.0. The molecule has 0 aliphatic heterocycles. The van der Waals surface area contributed by atoms with Crippen LogP contribution < -0.4 is 14.8 Å². The molecule has 0 bridgehead atoms. The molecule has 5 nitrogen and oxygen atoms in total. The second-order valence-corrected chi connectivity index (χ2v) is 3.94. The van der Waals surface area contributed by atoms with Gasteiger partial charge in [0.1, 0.15) is 5.75 Å². The van der Waals surface area contributed by atoms with E-state index in [4.69, 9.17) is 9.47 Å². The van der Waals surface area contributed by atoms with Crippen molar-refractivity contribution in [3.63, 3.8) is 0 Å². The van der Waals surface area contributed by atoms with Gasteiger partial charge in [0.15, 0.2) is 0 Å². The van der Waals surface area contributed by atoms with Crippen molar-refractivity contribution in [2.75, 3.05) is 19.0 Å². The number of hydrogen-bond donors (Lipinski definition) is 1. The maximum absolute atomic E-state index is 5.62. The Balaban J connectivity index is 2.17. The maximum atomic E-state index is 5.62. The van der Waals surface area contributed by atoms with Crippen LogP contribution in [0.1, 0.15) is 12.6 Å². The summed E-state index contributed by atoms with van der Waals surface area (Å²) >= 11 is 0. The second-order valence-electron chi connectivity index (χ2n) is 3.94. The third-order valence-corrected chi connectivity index (χ3v) is 2.45. The molecule has 1 aromatic heterocycles. The molecule has 2 rings (SSSR count). The normalized spacial score (nSPS) is 10.1. The van der Waals surface area contributed by atoms with Crippen molar-refractivity contribution in [3.8, 4) is 17.6 Å². The Morgan fingerprint density at radius 2 is 1.89 bits per heavy atom. The van der Waals surface area contributed by atoms with Gasteiger partial charge in [0.05, 0.1) is 6.61 Å². The molecular weight excluding hydrogens is 242 g/mol. The molecule has 0 fully saturated rings. The monoisotopic (exact) mass is 259 g/mol. The lowest BCUT2D eigenvalue weighted by Crippen LogP contribution is -1.99. The van der Waals surface area contributed by atoms with E-state index >= 15 is 0 Å². The van der Waals surface area contributed by atoms with Crippen molar-refractivity contribution >= 4 is 5.69 Å². The van der Waals surface area contributed by atoms with Crippen LogP contribution in [0.3, 0.4) is 0 Å². The van der Waals surface area contributed by atoms with E-state index in [2.05, 4.69) is 15.3 Å². The molecule has 0 aliphatic rings. The molecule has 0 radical (unpaired) electrons. The number of aryl methyl sites for hydroxylation is 1. The third-order valence-electron chi connectivity index (χ3n) is 2.45. The smallest absolute Gasteiger partial charge is 0.325 e. The molecule has 5 heteroatoms. The molecule has 0 unspecified atom stereocenters. The Morgan fingerprint density at radius 1 is 1.16 bits per heavy atom. The lowest BCUT2D eigenvalue weighted by atomic mass is 10.3. The first-order chi connectivity index (χ1) is 9.21. The van der Waals surface area contributed by atoms with Crippen LogP contribution in [0.25, 0.3) is 0 Å². The van der Waals surface area contributed by atoms with Crippen LogP contribution in [0.5, 0.6) is 17.6 Å². The highest BCUT2D eigenvalue weighted by Gasteiger charge is 2.05. The van der Waals surface area contributed by atoms with Crippen molar-refractivity contribution in [2.24, 2.45) is 0 Å². The van der Waals surface area contributed by atoms with E-state index in [1.165, 1.54) is 0 Å². The van der Waals surface area contributed by atoms with E-state index in [0.717, 1.165) is 11.4 Å². The van der Waals surface area contributed by atoms with Gasteiger partial charge in [-0.3, -0.25) is 0 Å². The summed E-state index contributed by atoms with van der Waals surface area (Å²) in [5, 5.41) is 3.05. The van der Waals surface area contributed by atoms with Crippen LogP contribution in [0.15, 0.2) is 30.3 Å². The number of nitrogens with zero attached hydrogens (tertiary/aromatic N) is 2. The molecule has 100 valence electrons. The van der Waals surface area contributed by atoms with Crippen molar-refractivity contribution < 1.29 is 9.47 Å². The molecule has 0 atom stereocenters. The first-order valence-electron chi connectivity index (χ1n) is 6.15. The van der Waals surface area contributed by atoms with Gasteiger partial charge in [-0.25, -0.2) is 0 Å². The number of hydrogen-bond acceptors (Lipinski definition) is 5. The summed E-state index contributed by atoms with van der Waals surface area (Å²) in [6, 6.07) is 9.64. The summed E-state index contributed by atoms with van der Waals surface area (Å²) in [6.45, 7) is 4.35. The van der Waals surface area contributed by atoms with Crippen molar-refractivity contribution in [3.05, 3.63) is 36.0 Å². The lowest BCUT2D eigenvalue weighted by molar-refractivity contribution is 0.317. The zero-order valence-electron chi connectivity index (χ0n) is 11.3. The van der Waals surface area contributed by atoms with Crippen LogP contribution >= 0.6 is 0 Å². The zero-order valence-corrected chi connectivity index (χ0v) is 11.3. The van der Waals surface area contributed by atoms with Gasteiger partial charge >= 0.3 is 6.01 Å². The molecule has 0 aliphatic carbocycles. The number of anilines is 1. The Hall–Kier alpha value is -2.30. The summed E-state index contributed by atoms with van der Waals surface area (Å²) in [7, 11) is 1.87. The molecule has 1 N–H and O–H groups in total. The lowest BCUT2D eigenvalue weighted by Gasteiger charge is -2.08. The highest BCUT2D eigenvalue weighted by molar-refractivity contribution is 5.46. The van der Waals surface area contributed by atoms with E-state index in [-0.39, 0.29) is 0 Å². The van der Waals surface area contributed by atoms with Crippen LogP contribution in [0, 0.1) is 6.92 Å². The number of nitrogens with one attached hydrogen (secondary N) is 1. The highest BCUT2D eigenvalue weighted by atomic mass is 16.5. The summed E-state index contributed by atoms with van der Waals surface area (Å²) in [6.07, 6.45) is 0. The highest BCUT2D eigenvalue weighted by Crippen LogP contribution is 2.22. The predicted molar refractivity (Wildman–Crippen MR) is 74.0 cm³/mol. The Kier molecular flexibility index (Phi) is 4.18. The molecular formula is C14H17N3O2. The molecule has 0 saturated heterocycles. The number of ether oxygens (including phenoxy) is 2. The summed E-state index contributed by atoms with van der Waals surface area (Å²) in [5.41, 5.74) is 1.83. The van der Waals surface area contributed by atoms with E-state index in [9.17, 15) is 0 Å². The van der Waals surface area contributed by atoms with Gasteiger partial charge < -0.3 is 14.8 Å². The third kappa shape index (κ3) is 3.58. The molecule has 19 heavy (non-hydrogen) atoms. The van der Waals surface area contributed by atoms with E-state index in [1.807, 2.05) is 45.2 Å². The molecule has 2 aromatic rings. The quantitative estimate of drug-likeness (QED) is 0.894. The van der Waals surface area contributed by atoms with E-state index in [0.29, 0.717) is 24.2 Å². The Morgan fingerprint density at radius 3 is 2.53 bits per heavy atom. The minimum atomic E-state index is 0.292. The number of aromatic nitrogens is 2. The van der Waals surface area contributed by atoms with Gasteiger partial charge in [-0.05, 0) is 38.1 Å². The van der Waals surface area contributed by atoms with Crippen LogP contribution in [0.4, 0.5) is 5.69 Å². The van der Waals surface area contributed by atoms with Gasteiger partial charge in [0.2, 0.25) is 5.88 Å². The van der Waals surface area contributed by atoms with Crippen molar-refractivity contribution in [1.82, 2.24) is 9.97 Å². The fourth-order valence-electron chi connectivity index (χ4n) is 1.58. The fraction of sp³-hybridized carbons (Fsp3) is 0.286. The molecule has 0 spiro atoms. The second kappa shape index (κ2) is 6.04. The van der Waals surface area contributed by atoms with Gasteiger partial charge in [0, 0.05) is 24.5 Å². The molecule has 0 saturated carbocycles. The fourth-order valence-corrected chi connectivity index (χ4v) is 1.58. The maximum Gasteiger partial charge on any atom is 0.325 e. The van der Waals surface area contributed by atoms with Gasteiger partial charge in [-0.2, -0.15) is 9.97 Å². The van der Waals surface area contributed by atoms with Crippen LogP contribution in [-0.4, -0.2) is 23.6 Å². The van der Waals surface area contributed by atoms with E-state index in [1.54, 1.807) is 6.07 Å². The van der Waals surface area contributed by atoms with Crippen LogP contribution in [0.2, 0.25) is 0 Å². The standard InChI is InChI=1S/C14H17N3O2/c1-4-18-13-9-10(2)16-14(17-13)19-12-7-5-11(15-3)6-8-12/h5-9,15H,4H2,1-3H3. The number of benzene rings is 1. The minimum Gasteiger partial charge on any atom is -0.478 e. The molecule has 1 aromatic carbocycles. The van der Waals surface area contributed by atoms with Crippen LogP contribution in [-0.2, 0) is 0 Å². The van der Waals surface area contributed by atoms with Gasteiger partial charge in [0.25, 0.3) is 0 Å². The van der Waals surface area contributed by atoms with Crippen molar-refractivity contribution in [1.29, 1.82) is 0 Å². The number of rotatable bonds is 5. The topological polar surface area (TPSA) is 56.3 Å². The largest absolute Gasteiger partial charge is 0.478 e. The first-order valence-corrected chi connectivity index (χ1v) is 6.15. The Bertz CT molecular complexity index is 541. The molecule has 0 amide bonds. The van der Waals surface area contributed by atoms with Crippen molar-refractivity contribution in [2.45, 2.75) is 13.8 Å². The zero-order chi connectivity index (χ0) is 13.7. The summed E-state index contributed by atoms with van der Waals surface area (Å²) in [5.74, 6) is 1.21. The first kappa shape index (κ1) is 13.1. The average molecular weight is 259 g/mol. The molecule has 1 heterocycles. The predicted octanol–water partition coefficient (Wildman–Crippen LogP) is 3.02. The average Bonchev–Trinajstić information content (AvgIpc) is 2.39. The Labute approximate surface area is 112 Å². The van der Waals surface area contributed by atoms with Gasteiger partial charge in [-0.15, -0.1) is 0 Å².